The minimum absolute atomic E-state index is 0.592. The van der Waals surface area contributed by atoms with Crippen LogP contribution in [0.2, 0.25) is 0 Å². The Kier molecular flexibility index (Phi) is 2.93. The standard InChI is InChI=1S/C18H13NO3/c1-20-14-7-4-12(5-8-14)18-19-15-9-6-13(11-17(15)22-18)16-3-2-10-21-16/h2-11H,1H3. The van der Waals surface area contributed by atoms with E-state index in [2.05, 4.69) is 4.98 Å². The van der Waals surface area contributed by atoms with Gasteiger partial charge in [-0.1, -0.05) is 0 Å². The zero-order valence-electron chi connectivity index (χ0n) is 11.9. The summed E-state index contributed by atoms with van der Waals surface area (Å²) < 4.78 is 16.4. The van der Waals surface area contributed by atoms with E-state index in [-0.39, 0.29) is 0 Å². The van der Waals surface area contributed by atoms with E-state index in [9.17, 15) is 0 Å². The molecule has 0 N–H and O–H groups in total. The van der Waals surface area contributed by atoms with Crippen LogP contribution in [0.15, 0.2) is 69.7 Å². The summed E-state index contributed by atoms with van der Waals surface area (Å²) in [7, 11) is 1.64. The molecule has 4 rings (SSSR count). The molecular weight excluding hydrogens is 278 g/mol. The Morgan fingerprint density at radius 2 is 1.77 bits per heavy atom. The predicted molar refractivity (Wildman–Crippen MR) is 83.7 cm³/mol. The molecule has 0 aliphatic rings. The predicted octanol–water partition coefficient (Wildman–Crippen LogP) is 4.76. The summed E-state index contributed by atoms with van der Waals surface area (Å²) in [5, 5.41) is 0. The van der Waals surface area contributed by atoms with Crippen LogP contribution >= 0.6 is 0 Å². The molecule has 4 aromatic rings. The maximum atomic E-state index is 5.87. The topological polar surface area (TPSA) is 48.4 Å². The van der Waals surface area contributed by atoms with Crippen LogP contribution in [0.3, 0.4) is 0 Å². The molecule has 4 heteroatoms. The summed E-state index contributed by atoms with van der Waals surface area (Å²) in [5.41, 5.74) is 3.44. The molecule has 0 amide bonds. The summed E-state index contributed by atoms with van der Waals surface area (Å²) in [6.07, 6.45) is 1.66. The number of benzene rings is 2. The van der Waals surface area contributed by atoms with Crippen molar-refractivity contribution in [3.8, 4) is 28.5 Å². The minimum Gasteiger partial charge on any atom is -0.497 e. The lowest BCUT2D eigenvalue weighted by Crippen LogP contribution is -1.82. The van der Waals surface area contributed by atoms with Gasteiger partial charge in [-0.3, -0.25) is 0 Å². The molecule has 0 unspecified atom stereocenters. The van der Waals surface area contributed by atoms with Gasteiger partial charge in [-0.15, -0.1) is 0 Å². The zero-order chi connectivity index (χ0) is 14.9. The fourth-order valence-corrected chi connectivity index (χ4v) is 2.38. The number of rotatable bonds is 3. The number of methoxy groups -OCH3 is 1. The third-order valence-electron chi connectivity index (χ3n) is 3.53. The van der Waals surface area contributed by atoms with Gasteiger partial charge in [0, 0.05) is 11.1 Å². The summed E-state index contributed by atoms with van der Waals surface area (Å²) in [4.78, 5) is 4.52. The molecule has 0 saturated carbocycles. The van der Waals surface area contributed by atoms with Crippen molar-refractivity contribution in [2.45, 2.75) is 0 Å². The second-order valence-electron chi connectivity index (χ2n) is 4.91. The van der Waals surface area contributed by atoms with E-state index >= 15 is 0 Å². The monoisotopic (exact) mass is 291 g/mol. The molecule has 0 atom stereocenters. The average molecular weight is 291 g/mol. The number of nitrogens with zero attached hydrogens (tertiary/aromatic N) is 1. The van der Waals surface area contributed by atoms with E-state index in [4.69, 9.17) is 13.6 Å². The second-order valence-corrected chi connectivity index (χ2v) is 4.91. The maximum absolute atomic E-state index is 5.87. The molecule has 108 valence electrons. The first kappa shape index (κ1) is 12.7. The van der Waals surface area contributed by atoms with Crippen molar-refractivity contribution in [1.29, 1.82) is 0 Å². The van der Waals surface area contributed by atoms with E-state index in [0.29, 0.717) is 5.89 Å². The maximum Gasteiger partial charge on any atom is 0.227 e. The first-order chi connectivity index (χ1) is 10.8. The highest BCUT2D eigenvalue weighted by molar-refractivity contribution is 5.81. The zero-order valence-corrected chi connectivity index (χ0v) is 11.9. The third kappa shape index (κ3) is 2.15. The minimum atomic E-state index is 0.592. The molecule has 2 aromatic heterocycles. The van der Waals surface area contributed by atoms with Crippen LogP contribution in [-0.2, 0) is 0 Å². The number of ether oxygens (including phenoxy) is 1. The first-order valence-electron chi connectivity index (χ1n) is 6.92. The first-order valence-corrected chi connectivity index (χ1v) is 6.92. The van der Waals surface area contributed by atoms with Crippen molar-refractivity contribution in [2.24, 2.45) is 0 Å². The molecule has 0 spiro atoms. The molecule has 0 aliphatic carbocycles. The fourth-order valence-electron chi connectivity index (χ4n) is 2.38. The Morgan fingerprint density at radius 1 is 0.955 bits per heavy atom. The SMILES string of the molecule is COc1ccc(-c2nc3ccc(-c4ccco4)cc3o2)cc1. The molecule has 0 radical (unpaired) electrons. The molecule has 0 aliphatic heterocycles. The van der Waals surface area contributed by atoms with Crippen molar-refractivity contribution in [3.05, 3.63) is 60.9 Å². The van der Waals surface area contributed by atoms with Crippen LogP contribution in [0.1, 0.15) is 0 Å². The molecule has 0 bridgehead atoms. The van der Waals surface area contributed by atoms with Crippen LogP contribution in [0, 0.1) is 0 Å². The molecule has 2 heterocycles. The summed E-state index contributed by atoms with van der Waals surface area (Å²) in [5.74, 6) is 2.21. The van der Waals surface area contributed by atoms with Gasteiger partial charge in [0.05, 0.1) is 13.4 Å². The highest BCUT2D eigenvalue weighted by atomic mass is 16.5. The van der Waals surface area contributed by atoms with Gasteiger partial charge in [-0.25, -0.2) is 4.98 Å². The van der Waals surface area contributed by atoms with E-state index in [1.54, 1.807) is 13.4 Å². The van der Waals surface area contributed by atoms with E-state index < -0.39 is 0 Å². The Bertz CT molecular complexity index is 905. The fraction of sp³-hybridized carbons (Fsp3) is 0.0556. The van der Waals surface area contributed by atoms with E-state index in [1.165, 1.54) is 0 Å². The molecule has 0 fully saturated rings. The number of aromatic nitrogens is 1. The van der Waals surface area contributed by atoms with E-state index in [0.717, 1.165) is 33.7 Å². The largest absolute Gasteiger partial charge is 0.497 e. The molecule has 0 saturated heterocycles. The Hall–Kier alpha value is -3.01. The van der Waals surface area contributed by atoms with Gasteiger partial charge in [-0.05, 0) is 54.6 Å². The van der Waals surface area contributed by atoms with Crippen LogP contribution < -0.4 is 4.74 Å². The quantitative estimate of drug-likeness (QED) is 0.546. The van der Waals surface area contributed by atoms with E-state index in [1.807, 2.05) is 54.6 Å². The number of fused-ring (bicyclic) bond motifs is 1. The highest BCUT2D eigenvalue weighted by Gasteiger charge is 2.10. The molecule has 4 nitrogen and oxygen atoms in total. The van der Waals surface area contributed by atoms with Gasteiger partial charge in [0.1, 0.15) is 17.0 Å². The Morgan fingerprint density at radius 3 is 2.50 bits per heavy atom. The molecule has 22 heavy (non-hydrogen) atoms. The highest BCUT2D eigenvalue weighted by Crippen LogP contribution is 2.29. The van der Waals surface area contributed by atoms with Gasteiger partial charge in [0.15, 0.2) is 5.58 Å². The number of hydrogen-bond donors (Lipinski definition) is 0. The van der Waals surface area contributed by atoms with Gasteiger partial charge in [-0.2, -0.15) is 0 Å². The van der Waals surface area contributed by atoms with Crippen molar-refractivity contribution < 1.29 is 13.6 Å². The van der Waals surface area contributed by atoms with Gasteiger partial charge < -0.3 is 13.6 Å². The van der Waals surface area contributed by atoms with Crippen molar-refractivity contribution >= 4 is 11.1 Å². The van der Waals surface area contributed by atoms with Gasteiger partial charge >= 0.3 is 0 Å². The molecule has 2 aromatic carbocycles. The summed E-state index contributed by atoms with van der Waals surface area (Å²) >= 11 is 0. The van der Waals surface area contributed by atoms with Crippen molar-refractivity contribution in [1.82, 2.24) is 4.98 Å². The molecular formula is C18H13NO3. The van der Waals surface area contributed by atoms with Crippen LogP contribution in [0.25, 0.3) is 33.9 Å². The Labute approximate surface area is 127 Å². The van der Waals surface area contributed by atoms with Crippen molar-refractivity contribution in [3.63, 3.8) is 0 Å². The van der Waals surface area contributed by atoms with Crippen LogP contribution in [-0.4, -0.2) is 12.1 Å². The van der Waals surface area contributed by atoms with Crippen LogP contribution in [0.4, 0.5) is 0 Å². The third-order valence-corrected chi connectivity index (χ3v) is 3.53. The normalized spacial score (nSPS) is 11.0. The lowest BCUT2D eigenvalue weighted by atomic mass is 10.1. The van der Waals surface area contributed by atoms with Gasteiger partial charge in [0.25, 0.3) is 0 Å². The van der Waals surface area contributed by atoms with Gasteiger partial charge in [0.2, 0.25) is 5.89 Å². The number of oxazole rings is 1. The summed E-state index contributed by atoms with van der Waals surface area (Å²) in [6, 6.07) is 17.3. The Balaban J connectivity index is 1.76. The second kappa shape index (κ2) is 5.07. The smallest absolute Gasteiger partial charge is 0.227 e. The summed E-state index contributed by atoms with van der Waals surface area (Å²) in [6.45, 7) is 0. The number of hydrogen-bond acceptors (Lipinski definition) is 4. The number of furan rings is 1. The lowest BCUT2D eigenvalue weighted by Gasteiger charge is -1.99. The van der Waals surface area contributed by atoms with Crippen molar-refractivity contribution in [2.75, 3.05) is 7.11 Å². The average Bonchev–Trinajstić information content (AvgIpc) is 3.23. The van der Waals surface area contributed by atoms with Crippen LogP contribution in [0.5, 0.6) is 5.75 Å². The lowest BCUT2D eigenvalue weighted by molar-refractivity contribution is 0.415.